The van der Waals surface area contributed by atoms with E-state index < -0.39 is 5.97 Å². The molecule has 2 N–H and O–H groups in total. The minimum atomic E-state index is -0.987. The van der Waals surface area contributed by atoms with Crippen molar-refractivity contribution >= 4 is 11.7 Å². The highest BCUT2D eigenvalue weighted by Gasteiger charge is 2.06. The molecule has 0 bridgehead atoms. The Hall–Kier alpha value is -2.79. The second kappa shape index (κ2) is 5.34. The third kappa shape index (κ3) is 3.08. The molecule has 0 spiro atoms. The number of rotatable bonds is 3. The van der Waals surface area contributed by atoms with Crippen LogP contribution in [-0.2, 0) is 0 Å². The Morgan fingerprint density at radius 2 is 2.06 bits per heavy atom. The summed E-state index contributed by atoms with van der Waals surface area (Å²) in [5.41, 5.74) is 1.40. The molecule has 0 fully saturated rings. The highest BCUT2D eigenvalue weighted by molar-refractivity contribution is 5.89. The molecule has 17 heavy (non-hydrogen) atoms. The first-order valence-corrected chi connectivity index (χ1v) is 4.69. The standard InChI is InChI=1S/C12H9N3O2/c1-8-4-10(2-3-11(8)12(16)17)15-7-9(5-13)6-14/h2-4,7,15H,1H3,(H,16,17). The third-order valence-corrected chi connectivity index (χ3v) is 2.08. The molecule has 0 radical (unpaired) electrons. The molecule has 0 unspecified atom stereocenters. The lowest BCUT2D eigenvalue weighted by molar-refractivity contribution is 0.0696. The van der Waals surface area contributed by atoms with Gasteiger partial charge in [0.25, 0.3) is 0 Å². The van der Waals surface area contributed by atoms with Gasteiger partial charge in [0.05, 0.1) is 5.56 Å². The van der Waals surface area contributed by atoms with Crippen molar-refractivity contribution in [1.82, 2.24) is 0 Å². The average Bonchev–Trinajstić information content (AvgIpc) is 2.30. The number of nitriles is 2. The van der Waals surface area contributed by atoms with E-state index in [0.29, 0.717) is 11.3 Å². The number of hydrogen-bond donors (Lipinski definition) is 2. The smallest absolute Gasteiger partial charge is 0.335 e. The normalized spacial score (nSPS) is 8.65. The molecule has 1 rings (SSSR count). The number of nitrogens with one attached hydrogen (secondary N) is 1. The van der Waals surface area contributed by atoms with E-state index in [1.807, 2.05) is 0 Å². The molecule has 5 heteroatoms. The van der Waals surface area contributed by atoms with Crippen LogP contribution < -0.4 is 5.32 Å². The van der Waals surface area contributed by atoms with Gasteiger partial charge >= 0.3 is 5.97 Å². The van der Waals surface area contributed by atoms with Gasteiger partial charge < -0.3 is 10.4 Å². The maximum Gasteiger partial charge on any atom is 0.335 e. The predicted molar refractivity (Wildman–Crippen MR) is 61.1 cm³/mol. The molecule has 84 valence electrons. The summed E-state index contributed by atoms with van der Waals surface area (Å²) in [6, 6.07) is 8.08. The molecule has 0 atom stereocenters. The number of carboxylic acids is 1. The number of aromatic carboxylic acids is 1. The number of carbonyl (C=O) groups is 1. The fourth-order valence-corrected chi connectivity index (χ4v) is 1.24. The van der Waals surface area contributed by atoms with Crippen LogP contribution in [0.4, 0.5) is 5.69 Å². The molecule has 0 saturated carbocycles. The van der Waals surface area contributed by atoms with E-state index in [-0.39, 0.29) is 11.1 Å². The van der Waals surface area contributed by atoms with Crippen molar-refractivity contribution in [2.24, 2.45) is 0 Å². The van der Waals surface area contributed by atoms with Gasteiger partial charge in [-0.15, -0.1) is 0 Å². The quantitative estimate of drug-likeness (QED) is 0.770. The Bertz CT molecular complexity index is 546. The van der Waals surface area contributed by atoms with Gasteiger partial charge in [-0.1, -0.05) is 0 Å². The van der Waals surface area contributed by atoms with Crippen LogP contribution in [-0.4, -0.2) is 11.1 Å². The van der Waals surface area contributed by atoms with Crippen LogP contribution in [0.25, 0.3) is 0 Å². The number of hydrogen-bond acceptors (Lipinski definition) is 4. The summed E-state index contributed by atoms with van der Waals surface area (Å²) < 4.78 is 0. The van der Waals surface area contributed by atoms with Crippen LogP contribution >= 0.6 is 0 Å². The minimum absolute atomic E-state index is 0.0510. The monoisotopic (exact) mass is 227 g/mol. The Morgan fingerprint density at radius 3 is 2.53 bits per heavy atom. The van der Waals surface area contributed by atoms with Crippen LogP contribution in [0.3, 0.4) is 0 Å². The summed E-state index contributed by atoms with van der Waals surface area (Å²) in [7, 11) is 0. The zero-order valence-corrected chi connectivity index (χ0v) is 9.06. The SMILES string of the molecule is Cc1cc(NC=C(C#N)C#N)ccc1C(=O)O. The molecule has 1 aromatic rings. The van der Waals surface area contributed by atoms with E-state index in [1.54, 1.807) is 31.2 Å². The lowest BCUT2D eigenvalue weighted by atomic mass is 10.1. The molecule has 1 aromatic carbocycles. The van der Waals surface area contributed by atoms with Crippen molar-refractivity contribution in [2.75, 3.05) is 5.32 Å². The topological polar surface area (TPSA) is 96.9 Å². The predicted octanol–water partition coefficient (Wildman–Crippen LogP) is 2.04. The van der Waals surface area contributed by atoms with Gasteiger partial charge in [-0.25, -0.2) is 4.79 Å². The summed E-state index contributed by atoms with van der Waals surface area (Å²) in [4.78, 5) is 10.8. The largest absolute Gasteiger partial charge is 0.478 e. The molecule has 0 aromatic heterocycles. The summed E-state index contributed by atoms with van der Waals surface area (Å²) in [6.45, 7) is 1.67. The van der Waals surface area contributed by atoms with Crippen molar-refractivity contribution < 1.29 is 9.90 Å². The van der Waals surface area contributed by atoms with Crippen LogP contribution in [0, 0.1) is 29.6 Å². The van der Waals surface area contributed by atoms with Gasteiger partial charge in [0, 0.05) is 11.9 Å². The molecule has 0 aliphatic carbocycles. The first-order chi connectivity index (χ1) is 8.08. The minimum Gasteiger partial charge on any atom is -0.478 e. The van der Waals surface area contributed by atoms with E-state index in [1.165, 1.54) is 12.3 Å². The summed E-state index contributed by atoms with van der Waals surface area (Å²) in [5, 5.41) is 28.6. The molecule has 5 nitrogen and oxygen atoms in total. The highest BCUT2D eigenvalue weighted by atomic mass is 16.4. The molecule has 0 aliphatic heterocycles. The van der Waals surface area contributed by atoms with Gasteiger partial charge in [-0.2, -0.15) is 10.5 Å². The van der Waals surface area contributed by atoms with Crippen LogP contribution in [0.5, 0.6) is 0 Å². The number of nitrogens with zero attached hydrogens (tertiary/aromatic N) is 2. The van der Waals surface area contributed by atoms with E-state index in [9.17, 15) is 4.79 Å². The maximum atomic E-state index is 10.8. The number of aryl methyl sites for hydroxylation is 1. The first-order valence-electron chi connectivity index (χ1n) is 4.69. The molecule has 0 amide bonds. The van der Waals surface area contributed by atoms with Crippen molar-refractivity contribution in [3.05, 3.63) is 41.1 Å². The van der Waals surface area contributed by atoms with Gasteiger partial charge in [0.1, 0.15) is 17.7 Å². The molecule has 0 aliphatic rings. The lowest BCUT2D eigenvalue weighted by Gasteiger charge is -2.04. The second-order valence-corrected chi connectivity index (χ2v) is 3.26. The molecular formula is C12H9N3O2. The Kier molecular flexibility index (Phi) is 3.86. The van der Waals surface area contributed by atoms with Crippen LogP contribution in [0.15, 0.2) is 30.0 Å². The van der Waals surface area contributed by atoms with Crippen molar-refractivity contribution in [1.29, 1.82) is 10.5 Å². The van der Waals surface area contributed by atoms with Gasteiger partial charge in [0.2, 0.25) is 0 Å². The fourth-order valence-electron chi connectivity index (χ4n) is 1.24. The number of benzene rings is 1. The molecular weight excluding hydrogens is 218 g/mol. The van der Waals surface area contributed by atoms with Gasteiger partial charge in [-0.3, -0.25) is 0 Å². The molecule has 0 saturated heterocycles. The number of allylic oxidation sites excluding steroid dienone is 1. The van der Waals surface area contributed by atoms with Crippen molar-refractivity contribution in [3.8, 4) is 12.1 Å². The van der Waals surface area contributed by atoms with Gasteiger partial charge in [0.15, 0.2) is 0 Å². The van der Waals surface area contributed by atoms with Crippen LogP contribution in [0.1, 0.15) is 15.9 Å². The maximum absolute atomic E-state index is 10.8. The number of carboxylic acid groups (broad SMARTS) is 1. The summed E-state index contributed by atoms with van der Waals surface area (Å²) in [6.07, 6.45) is 1.27. The van der Waals surface area contributed by atoms with Crippen molar-refractivity contribution in [3.63, 3.8) is 0 Å². The summed E-state index contributed by atoms with van der Waals surface area (Å²) in [5.74, 6) is -0.987. The third-order valence-electron chi connectivity index (χ3n) is 2.08. The number of anilines is 1. The highest BCUT2D eigenvalue weighted by Crippen LogP contribution is 2.15. The van der Waals surface area contributed by atoms with E-state index in [2.05, 4.69) is 5.32 Å². The van der Waals surface area contributed by atoms with E-state index in [4.69, 9.17) is 15.6 Å². The Balaban J connectivity index is 2.94. The Morgan fingerprint density at radius 1 is 1.41 bits per heavy atom. The lowest BCUT2D eigenvalue weighted by Crippen LogP contribution is -2.00. The summed E-state index contributed by atoms with van der Waals surface area (Å²) >= 11 is 0. The van der Waals surface area contributed by atoms with Crippen molar-refractivity contribution in [2.45, 2.75) is 6.92 Å². The zero-order valence-electron chi connectivity index (χ0n) is 9.06. The Labute approximate surface area is 98.2 Å². The molecule has 0 heterocycles. The zero-order chi connectivity index (χ0) is 12.8. The average molecular weight is 227 g/mol. The second-order valence-electron chi connectivity index (χ2n) is 3.26. The van der Waals surface area contributed by atoms with E-state index in [0.717, 1.165) is 0 Å². The van der Waals surface area contributed by atoms with Gasteiger partial charge in [-0.05, 0) is 30.7 Å². The first kappa shape index (κ1) is 12.3. The van der Waals surface area contributed by atoms with Crippen LogP contribution in [0.2, 0.25) is 0 Å². The van der Waals surface area contributed by atoms with E-state index >= 15 is 0 Å². The fraction of sp³-hybridized carbons (Fsp3) is 0.0833.